The minimum Gasteiger partial charge on any atom is -0.339 e. The summed E-state index contributed by atoms with van der Waals surface area (Å²) >= 11 is 22.7. The first-order valence-electron chi connectivity index (χ1n) is 6.28. The number of aryl methyl sites for hydroxylation is 2. The van der Waals surface area contributed by atoms with E-state index in [4.69, 9.17) is 47.0 Å². The van der Waals surface area contributed by atoms with Gasteiger partial charge in [-0.05, 0) is 43.8 Å². The van der Waals surface area contributed by atoms with Crippen molar-refractivity contribution >= 4 is 63.7 Å². The number of hydrogen-bond donors (Lipinski definition) is 3. The molecule has 0 fully saturated rings. The van der Waals surface area contributed by atoms with Crippen molar-refractivity contribution in [2.24, 2.45) is 0 Å². The van der Waals surface area contributed by atoms with Crippen molar-refractivity contribution in [1.29, 1.82) is 0 Å². The fraction of sp³-hybridized carbons (Fsp3) is 0.286. The average Bonchev–Trinajstić information content (AvgIpc) is 2.40. The molecule has 0 radical (unpaired) electrons. The van der Waals surface area contributed by atoms with Gasteiger partial charge in [0, 0.05) is 5.69 Å². The Balaban J connectivity index is 2.78. The molecule has 0 heterocycles. The Hall–Kier alpha value is -1.01. The topological polar surface area (TPSA) is 53.2 Å². The van der Waals surface area contributed by atoms with E-state index in [1.54, 1.807) is 0 Å². The van der Waals surface area contributed by atoms with Crippen molar-refractivity contribution in [2.75, 3.05) is 5.32 Å². The molecule has 1 rings (SSSR count). The highest BCUT2D eigenvalue weighted by Gasteiger charge is 2.34. The van der Waals surface area contributed by atoms with Crippen LogP contribution in [0.4, 0.5) is 5.69 Å². The van der Waals surface area contributed by atoms with Gasteiger partial charge in [0.1, 0.15) is 6.17 Å². The van der Waals surface area contributed by atoms with Gasteiger partial charge < -0.3 is 16.0 Å². The van der Waals surface area contributed by atoms with Gasteiger partial charge in [0.05, 0.1) is 0 Å². The Labute approximate surface area is 150 Å². The minimum absolute atomic E-state index is 0.215. The molecule has 0 aliphatic heterocycles. The number of anilines is 1. The van der Waals surface area contributed by atoms with Gasteiger partial charge in [-0.2, -0.15) is 0 Å². The molecule has 120 valence electrons. The number of benzene rings is 1. The summed E-state index contributed by atoms with van der Waals surface area (Å²) in [6, 6.07) is 5.85. The number of thiocarbonyl (C=S) groups is 1. The molecule has 1 atom stereocenters. The number of carbonyl (C=O) groups is 1. The quantitative estimate of drug-likeness (QED) is 0.323. The summed E-state index contributed by atoms with van der Waals surface area (Å²) in [5.41, 5.74) is 2.98. The number of alkyl halides is 3. The molecule has 0 spiro atoms. The van der Waals surface area contributed by atoms with E-state index in [0.717, 1.165) is 22.9 Å². The highest BCUT2D eigenvalue weighted by molar-refractivity contribution is 7.80. The Morgan fingerprint density at radius 3 is 2.45 bits per heavy atom. The van der Waals surface area contributed by atoms with Crippen LogP contribution in [0, 0.1) is 13.8 Å². The van der Waals surface area contributed by atoms with Gasteiger partial charge in [-0.1, -0.05) is 59.1 Å². The van der Waals surface area contributed by atoms with Crippen LogP contribution in [0.5, 0.6) is 0 Å². The number of halogens is 3. The van der Waals surface area contributed by atoms with Gasteiger partial charge >= 0.3 is 0 Å². The second-order valence-electron chi connectivity index (χ2n) is 4.60. The molecule has 0 aliphatic rings. The van der Waals surface area contributed by atoms with E-state index in [2.05, 4.69) is 22.5 Å². The molecule has 0 aliphatic carbocycles. The lowest BCUT2D eigenvalue weighted by Gasteiger charge is -2.27. The second-order valence-corrected chi connectivity index (χ2v) is 7.38. The molecular weight excluding hydrogens is 365 g/mol. The largest absolute Gasteiger partial charge is 0.339 e. The third kappa shape index (κ3) is 6.01. The summed E-state index contributed by atoms with van der Waals surface area (Å²) in [7, 11) is 0. The number of nitrogens with one attached hydrogen (secondary N) is 3. The Bertz CT molecular complexity index is 587. The average molecular weight is 381 g/mol. The maximum Gasteiger partial charge on any atom is 0.245 e. The number of amides is 1. The maximum atomic E-state index is 11.4. The molecule has 22 heavy (non-hydrogen) atoms. The molecule has 1 amide bonds. The third-order valence-corrected chi connectivity index (χ3v) is 3.58. The maximum absolute atomic E-state index is 11.4. The summed E-state index contributed by atoms with van der Waals surface area (Å²) in [4.78, 5) is 11.4. The van der Waals surface area contributed by atoms with E-state index in [1.807, 2.05) is 32.0 Å². The monoisotopic (exact) mass is 379 g/mol. The molecule has 1 aromatic rings. The van der Waals surface area contributed by atoms with Crippen molar-refractivity contribution in [3.8, 4) is 0 Å². The molecule has 3 N–H and O–H groups in total. The van der Waals surface area contributed by atoms with Crippen molar-refractivity contribution in [2.45, 2.75) is 23.8 Å². The third-order valence-electron chi connectivity index (χ3n) is 2.70. The summed E-state index contributed by atoms with van der Waals surface area (Å²) < 4.78 is -1.78. The zero-order valence-electron chi connectivity index (χ0n) is 12.0. The normalized spacial score (nSPS) is 12.2. The lowest BCUT2D eigenvalue weighted by Crippen LogP contribution is -2.55. The molecule has 0 bridgehead atoms. The number of hydrogen-bond acceptors (Lipinski definition) is 2. The van der Waals surface area contributed by atoms with Crippen molar-refractivity contribution in [1.82, 2.24) is 10.6 Å². The summed E-state index contributed by atoms with van der Waals surface area (Å²) in [5.74, 6) is -0.488. The van der Waals surface area contributed by atoms with Crippen LogP contribution < -0.4 is 16.0 Å². The second kappa shape index (κ2) is 8.02. The van der Waals surface area contributed by atoms with E-state index in [-0.39, 0.29) is 5.11 Å². The molecule has 4 nitrogen and oxygen atoms in total. The van der Waals surface area contributed by atoms with Gasteiger partial charge in [-0.15, -0.1) is 0 Å². The summed E-state index contributed by atoms with van der Waals surface area (Å²) in [6.45, 7) is 7.29. The zero-order chi connectivity index (χ0) is 16.9. The van der Waals surface area contributed by atoms with Gasteiger partial charge in [0.25, 0.3) is 0 Å². The SMILES string of the molecule is C=CC(=O)N[C@@H](NC(=S)Nc1ccc(C)cc1C)C(Cl)(Cl)Cl. The van der Waals surface area contributed by atoms with Crippen LogP contribution in [0.3, 0.4) is 0 Å². The van der Waals surface area contributed by atoms with E-state index in [9.17, 15) is 4.79 Å². The van der Waals surface area contributed by atoms with E-state index in [1.165, 1.54) is 0 Å². The van der Waals surface area contributed by atoms with Crippen LogP contribution in [0.25, 0.3) is 0 Å². The van der Waals surface area contributed by atoms with Gasteiger partial charge in [0.2, 0.25) is 9.70 Å². The van der Waals surface area contributed by atoms with Crippen LogP contribution in [-0.2, 0) is 4.79 Å². The number of rotatable bonds is 4. The van der Waals surface area contributed by atoms with E-state index >= 15 is 0 Å². The smallest absolute Gasteiger partial charge is 0.245 e. The van der Waals surface area contributed by atoms with E-state index in [0.29, 0.717) is 0 Å². The van der Waals surface area contributed by atoms with Crippen LogP contribution in [-0.4, -0.2) is 21.0 Å². The lowest BCUT2D eigenvalue weighted by molar-refractivity contribution is -0.117. The predicted octanol–water partition coefficient (Wildman–Crippen LogP) is 3.59. The minimum atomic E-state index is -1.78. The zero-order valence-corrected chi connectivity index (χ0v) is 15.1. The summed E-state index contributed by atoms with van der Waals surface area (Å²) in [6.07, 6.45) is 0.0693. The van der Waals surface area contributed by atoms with Crippen molar-refractivity contribution in [3.05, 3.63) is 42.0 Å². The predicted molar refractivity (Wildman–Crippen MR) is 97.7 cm³/mol. The van der Waals surface area contributed by atoms with E-state index < -0.39 is 15.9 Å². The molecule has 0 saturated heterocycles. The molecule has 1 aromatic carbocycles. The standard InChI is InChI=1S/C14H16Cl3N3OS/c1-4-11(21)19-12(14(15,16)17)20-13(22)18-10-6-5-8(2)7-9(10)3/h4-7,12H,1H2,2-3H3,(H,19,21)(H2,18,20,22)/t12-/m0/s1. The molecule has 0 unspecified atom stereocenters. The van der Waals surface area contributed by atoms with Gasteiger partial charge in [-0.25, -0.2) is 0 Å². The Kier molecular flexibility index (Phi) is 6.94. The molecule has 0 saturated carbocycles. The molecule has 0 aromatic heterocycles. The lowest BCUT2D eigenvalue weighted by atomic mass is 10.1. The first-order valence-corrected chi connectivity index (χ1v) is 7.82. The highest BCUT2D eigenvalue weighted by atomic mass is 35.6. The fourth-order valence-electron chi connectivity index (χ4n) is 1.64. The Morgan fingerprint density at radius 2 is 1.95 bits per heavy atom. The first kappa shape index (κ1) is 19.0. The van der Waals surface area contributed by atoms with Crippen molar-refractivity contribution in [3.63, 3.8) is 0 Å². The molecule has 8 heteroatoms. The Morgan fingerprint density at radius 1 is 1.32 bits per heavy atom. The fourth-order valence-corrected chi connectivity index (χ4v) is 2.20. The molecular formula is C14H16Cl3N3OS. The van der Waals surface area contributed by atoms with Crippen LogP contribution >= 0.6 is 47.0 Å². The number of carbonyl (C=O) groups excluding carboxylic acids is 1. The summed E-state index contributed by atoms with van der Waals surface area (Å²) in [5, 5.41) is 8.43. The van der Waals surface area contributed by atoms with Crippen molar-refractivity contribution < 1.29 is 4.79 Å². The van der Waals surface area contributed by atoms with Crippen LogP contribution in [0.1, 0.15) is 11.1 Å². The van der Waals surface area contributed by atoms with Crippen LogP contribution in [0.2, 0.25) is 0 Å². The van der Waals surface area contributed by atoms with Gasteiger partial charge in [-0.3, -0.25) is 4.79 Å². The van der Waals surface area contributed by atoms with Crippen LogP contribution in [0.15, 0.2) is 30.9 Å². The first-order chi connectivity index (χ1) is 10.1. The van der Waals surface area contributed by atoms with Gasteiger partial charge in [0.15, 0.2) is 5.11 Å². The highest BCUT2D eigenvalue weighted by Crippen LogP contribution is 2.29.